The van der Waals surface area contributed by atoms with Crippen molar-refractivity contribution in [3.63, 3.8) is 0 Å². The molecule has 0 rings (SSSR count). The molecule has 0 saturated carbocycles. The zero-order valence-corrected chi connectivity index (χ0v) is 8.34. The van der Waals surface area contributed by atoms with E-state index >= 15 is 0 Å². The van der Waals surface area contributed by atoms with E-state index in [4.69, 9.17) is 22.9 Å². The van der Waals surface area contributed by atoms with Crippen molar-refractivity contribution in [2.45, 2.75) is 26.6 Å². The number of halogens is 2. The second-order valence-electron chi connectivity index (χ2n) is 2.28. The molecular weight excluding hydrogens is 178 g/mol. The molecule has 0 aromatic rings. The van der Waals surface area contributed by atoms with Crippen molar-refractivity contribution in [2.24, 2.45) is 0 Å². The second-order valence-corrected chi connectivity index (χ2v) is 3.56. The summed E-state index contributed by atoms with van der Waals surface area (Å²) >= 11 is 11.1. The normalized spacial score (nSPS) is 10.4. The molecule has 0 radical (unpaired) electrons. The monoisotopic (exact) mass is 188 g/mol. The van der Waals surface area contributed by atoms with Gasteiger partial charge in [0, 0.05) is 6.42 Å². The van der Waals surface area contributed by atoms with Gasteiger partial charge in [0.05, 0.1) is 0 Å². The van der Waals surface area contributed by atoms with E-state index in [1.165, 1.54) is 5.57 Å². The summed E-state index contributed by atoms with van der Waals surface area (Å²) < 4.78 is 0. The molecule has 60 valence electrons. The van der Waals surface area contributed by atoms with Gasteiger partial charge >= 0.3 is 5.54 Å². The standard InChI is InChI=1S/C8H11BCl2/c1-3-4-5-8(2)6-7-9(10)11/h6H,5,7H2,1-2H3/b8-6+. The van der Waals surface area contributed by atoms with Crippen LogP contribution in [0.15, 0.2) is 11.6 Å². The molecule has 0 aromatic carbocycles. The maximum absolute atomic E-state index is 5.54. The summed E-state index contributed by atoms with van der Waals surface area (Å²) in [7, 11) is 0. The Labute approximate surface area is 78.9 Å². The Balaban J connectivity index is 3.68. The zero-order chi connectivity index (χ0) is 8.69. The maximum atomic E-state index is 5.54. The van der Waals surface area contributed by atoms with Crippen molar-refractivity contribution in [1.82, 2.24) is 0 Å². The maximum Gasteiger partial charge on any atom is 0.355 e. The molecule has 0 fully saturated rings. The van der Waals surface area contributed by atoms with Crippen molar-refractivity contribution in [3.05, 3.63) is 11.6 Å². The van der Waals surface area contributed by atoms with Gasteiger partial charge in [0.1, 0.15) is 0 Å². The minimum atomic E-state index is -0.292. The van der Waals surface area contributed by atoms with E-state index in [1.807, 2.05) is 19.9 Å². The predicted molar refractivity (Wildman–Crippen MR) is 54.1 cm³/mol. The molecule has 0 heterocycles. The summed E-state index contributed by atoms with van der Waals surface area (Å²) in [6.45, 7) is 3.86. The molecule has 0 aliphatic rings. The van der Waals surface area contributed by atoms with E-state index in [0.717, 1.165) is 6.42 Å². The number of rotatable bonds is 3. The van der Waals surface area contributed by atoms with Gasteiger partial charge in [0.25, 0.3) is 0 Å². The van der Waals surface area contributed by atoms with E-state index in [0.29, 0.717) is 6.32 Å². The van der Waals surface area contributed by atoms with Gasteiger partial charge in [-0.15, -0.1) is 5.92 Å². The fourth-order valence-electron chi connectivity index (χ4n) is 0.590. The molecule has 0 aliphatic carbocycles. The molecular formula is C8H11BCl2. The summed E-state index contributed by atoms with van der Waals surface area (Å²) in [6, 6.07) is 0. The van der Waals surface area contributed by atoms with Gasteiger partial charge in [-0.1, -0.05) is 17.6 Å². The van der Waals surface area contributed by atoms with E-state index in [2.05, 4.69) is 11.8 Å². The second kappa shape index (κ2) is 6.64. The first-order valence-electron chi connectivity index (χ1n) is 3.50. The van der Waals surface area contributed by atoms with Crippen LogP contribution in [0.5, 0.6) is 0 Å². The lowest BCUT2D eigenvalue weighted by Gasteiger charge is -1.93. The molecule has 0 N–H and O–H groups in total. The lowest BCUT2D eigenvalue weighted by Crippen LogP contribution is -1.88. The Morgan fingerprint density at radius 3 is 2.64 bits per heavy atom. The van der Waals surface area contributed by atoms with Crippen LogP contribution < -0.4 is 0 Å². The molecule has 0 aliphatic heterocycles. The van der Waals surface area contributed by atoms with Crippen molar-refractivity contribution in [3.8, 4) is 11.8 Å². The van der Waals surface area contributed by atoms with Gasteiger partial charge in [-0.2, -0.15) is 22.9 Å². The minimum absolute atomic E-state index is 0.292. The Bertz CT molecular complexity index is 186. The Kier molecular flexibility index (Phi) is 6.61. The summed E-state index contributed by atoms with van der Waals surface area (Å²) in [4.78, 5) is 0. The van der Waals surface area contributed by atoms with Crippen LogP contribution in [0.25, 0.3) is 0 Å². The third kappa shape index (κ3) is 7.85. The summed E-state index contributed by atoms with van der Waals surface area (Å²) in [5.74, 6) is 5.80. The molecule has 0 spiro atoms. The predicted octanol–water partition coefficient (Wildman–Crippen LogP) is 3.31. The Hall–Kier alpha value is -0.0551. The highest BCUT2D eigenvalue weighted by Gasteiger charge is 2.01. The molecule has 11 heavy (non-hydrogen) atoms. The third-order valence-corrected chi connectivity index (χ3v) is 1.54. The highest BCUT2D eigenvalue weighted by Crippen LogP contribution is 2.07. The fraction of sp³-hybridized carbons (Fsp3) is 0.500. The number of hydrogen-bond donors (Lipinski definition) is 0. The average molecular weight is 189 g/mol. The van der Waals surface area contributed by atoms with E-state index in [1.54, 1.807) is 0 Å². The molecule has 0 bridgehead atoms. The van der Waals surface area contributed by atoms with Crippen molar-refractivity contribution in [2.75, 3.05) is 0 Å². The SMILES string of the molecule is CC#CC/C(C)=C/CB(Cl)Cl. The molecule has 3 heteroatoms. The average Bonchev–Trinajstić information content (AvgIpc) is 1.97. The molecule has 0 amide bonds. The van der Waals surface area contributed by atoms with Gasteiger partial charge in [-0.25, -0.2) is 0 Å². The van der Waals surface area contributed by atoms with E-state index in [9.17, 15) is 0 Å². The third-order valence-electron chi connectivity index (χ3n) is 1.19. The lowest BCUT2D eigenvalue weighted by atomic mass is 9.98. The van der Waals surface area contributed by atoms with Crippen LogP contribution in [-0.4, -0.2) is 5.54 Å². The van der Waals surface area contributed by atoms with Gasteiger partial charge in [-0.05, 0) is 20.2 Å². The topological polar surface area (TPSA) is 0 Å². The molecule has 0 saturated heterocycles. The van der Waals surface area contributed by atoms with Gasteiger partial charge in [-0.3, -0.25) is 0 Å². The van der Waals surface area contributed by atoms with E-state index < -0.39 is 0 Å². The Morgan fingerprint density at radius 1 is 1.55 bits per heavy atom. The minimum Gasteiger partial charge on any atom is -0.171 e. The van der Waals surface area contributed by atoms with Crippen molar-refractivity contribution >= 4 is 28.5 Å². The fourth-order valence-corrected chi connectivity index (χ4v) is 0.768. The van der Waals surface area contributed by atoms with Crippen LogP contribution in [0.4, 0.5) is 0 Å². The summed E-state index contributed by atoms with van der Waals surface area (Å²) in [5.41, 5.74) is 0.935. The van der Waals surface area contributed by atoms with Gasteiger partial charge in [0.15, 0.2) is 0 Å². The van der Waals surface area contributed by atoms with Gasteiger partial charge < -0.3 is 0 Å². The smallest absolute Gasteiger partial charge is 0.171 e. The molecule has 0 aromatic heterocycles. The number of allylic oxidation sites excluding steroid dienone is 2. The largest absolute Gasteiger partial charge is 0.355 e. The van der Waals surface area contributed by atoms with Crippen LogP contribution >= 0.6 is 22.9 Å². The van der Waals surface area contributed by atoms with Crippen molar-refractivity contribution in [1.29, 1.82) is 0 Å². The highest BCUT2D eigenvalue weighted by molar-refractivity contribution is 7.33. The molecule has 0 unspecified atom stereocenters. The molecule has 0 atom stereocenters. The quantitative estimate of drug-likeness (QED) is 0.362. The summed E-state index contributed by atoms with van der Waals surface area (Å²) in [5, 5.41) is 0. The first kappa shape index (κ1) is 10.9. The van der Waals surface area contributed by atoms with Crippen LogP contribution in [0, 0.1) is 11.8 Å². The lowest BCUT2D eigenvalue weighted by molar-refractivity contribution is 1.23. The van der Waals surface area contributed by atoms with Crippen LogP contribution in [0.3, 0.4) is 0 Å². The van der Waals surface area contributed by atoms with Crippen LogP contribution in [0.2, 0.25) is 6.32 Å². The number of hydrogen-bond acceptors (Lipinski definition) is 0. The first-order valence-corrected chi connectivity index (χ1v) is 4.37. The van der Waals surface area contributed by atoms with Crippen LogP contribution in [-0.2, 0) is 0 Å². The Morgan fingerprint density at radius 2 is 2.18 bits per heavy atom. The van der Waals surface area contributed by atoms with Gasteiger partial charge in [0.2, 0.25) is 0 Å². The summed E-state index contributed by atoms with van der Waals surface area (Å²) in [6.07, 6.45) is 3.55. The molecule has 0 nitrogen and oxygen atoms in total. The highest BCUT2D eigenvalue weighted by atomic mass is 35.5. The van der Waals surface area contributed by atoms with Crippen LogP contribution in [0.1, 0.15) is 20.3 Å². The first-order chi connectivity index (χ1) is 5.16. The zero-order valence-electron chi connectivity index (χ0n) is 6.82. The van der Waals surface area contributed by atoms with E-state index in [-0.39, 0.29) is 5.54 Å². The van der Waals surface area contributed by atoms with Crippen molar-refractivity contribution < 1.29 is 0 Å².